The number of rotatable bonds is 6. The molecule has 3 rings (SSSR count). The highest BCUT2D eigenvalue weighted by Gasteiger charge is 2.24. The third kappa shape index (κ3) is 5.16. The molecule has 0 aromatic heterocycles. The lowest BCUT2D eigenvalue weighted by Gasteiger charge is -2.22. The Hall–Kier alpha value is -2.49. The average Bonchev–Trinajstić information content (AvgIpc) is 2.71. The summed E-state index contributed by atoms with van der Waals surface area (Å²) >= 11 is 12.1. The minimum absolute atomic E-state index is 0.0355. The van der Waals surface area contributed by atoms with Gasteiger partial charge in [0.2, 0.25) is 10.0 Å². The Labute approximate surface area is 184 Å². The van der Waals surface area contributed by atoms with E-state index in [0.29, 0.717) is 30.4 Å². The van der Waals surface area contributed by atoms with Gasteiger partial charge in [-0.2, -0.15) is 5.10 Å². The Balaban J connectivity index is 1.75. The summed E-state index contributed by atoms with van der Waals surface area (Å²) in [5, 5.41) is 4.26. The zero-order valence-corrected chi connectivity index (χ0v) is 18.5. The summed E-state index contributed by atoms with van der Waals surface area (Å²) < 4.78 is 36.3. The summed E-state index contributed by atoms with van der Waals surface area (Å²) in [6.07, 6.45) is 0.973. The van der Waals surface area contributed by atoms with Crippen molar-refractivity contribution in [3.05, 3.63) is 52.0 Å². The first-order valence-corrected chi connectivity index (χ1v) is 11.4. The number of nitrogens with one attached hydrogen (secondary N) is 1. The van der Waals surface area contributed by atoms with Gasteiger partial charge >= 0.3 is 0 Å². The molecule has 11 heteroatoms. The number of carbonyl (C=O) groups is 1. The lowest BCUT2D eigenvalue weighted by Crippen LogP contribution is -2.39. The van der Waals surface area contributed by atoms with E-state index in [1.54, 1.807) is 31.2 Å². The molecule has 160 valence electrons. The molecule has 0 unspecified atom stereocenters. The zero-order chi connectivity index (χ0) is 21.9. The topological polar surface area (TPSA) is 97.3 Å². The summed E-state index contributed by atoms with van der Waals surface area (Å²) in [7, 11) is -3.80. The van der Waals surface area contributed by atoms with Crippen LogP contribution in [0.3, 0.4) is 0 Å². The number of hydrazone groups is 1. The number of fused-ring (bicyclic) bond motifs is 1. The molecule has 1 aliphatic rings. The third-order valence-electron chi connectivity index (χ3n) is 4.20. The average molecular weight is 472 g/mol. The van der Waals surface area contributed by atoms with Crippen LogP contribution in [0.2, 0.25) is 10.0 Å². The zero-order valence-electron chi connectivity index (χ0n) is 16.2. The molecule has 0 aliphatic carbocycles. The van der Waals surface area contributed by atoms with Crippen molar-refractivity contribution in [3.8, 4) is 11.5 Å². The van der Waals surface area contributed by atoms with Crippen LogP contribution in [-0.4, -0.2) is 46.1 Å². The maximum absolute atomic E-state index is 12.4. The molecule has 2 aromatic rings. The molecule has 8 nitrogen and oxygen atoms in total. The molecule has 0 saturated carbocycles. The van der Waals surface area contributed by atoms with E-state index in [1.165, 1.54) is 12.1 Å². The number of halogens is 2. The van der Waals surface area contributed by atoms with Gasteiger partial charge in [0.25, 0.3) is 5.91 Å². The van der Waals surface area contributed by atoms with Crippen molar-refractivity contribution >= 4 is 50.5 Å². The first-order chi connectivity index (χ1) is 14.2. The minimum Gasteiger partial charge on any atom is -0.486 e. The van der Waals surface area contributed by atoms with E-state index in [4.69, 9.17) is 32.7 Å². The number of ether oxygens (including phenoxy) is 2. The number of benzene rings is 2. The van der Waals surface area contributed by atoms with E-state index >= 15 is 0 Å². The number of carbonyl (C=O) groups excluding carboxylic acids is 1. The third-order valence-corrected chi connectivity index (χ3v) is 6.13. The highest BCUT2D eigenvalue weighted by Crippen LogP contribution is 2.33. The maximum atomic E-state index is 12.4. The van der Waals surface area contributed by atoms with E-state index < -0.39 is 22.5 Å². The summed E-state index contributed by atoms with van der Waals surface area (Å²) in [6.45, 7) is 2.13. The first kappa shape index (κ1) is 22.2. The van der Waals surface area contributed by atoms with Gasteiger partial charge in [-0.05, 0) is 37.3 Å². The molecule has 0 radical (unpaired) electrons. The van der Waals surface area contributed by atoms with Crippen LogP contribution in [-0.2, 0) is 14.8 Å². The smallest absolute Gasteiger partial charge is 0.260 e. The van der Waals surface area contributed by atoms with Gasteiger partial charge in [0.15, 0.2) is 11.5 Å². The standard InChI is InChI=1S/C19H19Cl2N3O5S/c1-12(13-6-7-16-17(10-13)29-9-8-28-16)22-23-18(25)11-24(30(2,26)27)15-5-3-4-14(20)19(15)21/h3-7,10H,8-9,11H2,1-2H3,(H,23,25)/b22-12-. The SMILES string of the molecule is C/C(=N/NC(=O)CN(c1cccc(Cl)c1Cl)S(C)(=O)=O)c1ccc2c(c1)OCCO2. The number of hydrogen-bond donors (Lipinski definition) is 1. The summed E-state index contributed by atoms with van der Waals surface area (Å²) in [5.74, 6) is 0.593. The fourth-order valence-corrected chi connectivity index (χ4v) is 4.02. The summed E-state index contributed by atoms with van der Waals surface area (Å²) in [4.78, 5) is 12.4. The van der Waals surface area contributed by atoms with Gasteiger partial charge in [0.1, 0.15) is 19.8 Å². The number of hydrogen-bond acceptors (Lipinski definition) is 6. The van der Waals surface area contributed by atoms with Crippen LogP contribution in [0, 0.1) is 0 Å². The Kier molecular flexibility index (Phi) is 6.74. The van der Waals surface area contributed by atoms with Crippen LogP contribution >= 0.6 is 23.2 Å². The second-order valence-corrected chi connectivity index (χ2v) is 9.13. The van der Waals surface area contributed by atoms with Crippen molar-refractivity contribution in [2.75, 3.05) is 30.3 Å². The minimum atomic E-state index is -3.80. The second kappa shape index (κ2) is 9.11. The van der Waals surface area contributed by atoms with Gasteiger partial charge in [-0.15, -0.1) is 0 Å². The Morgan fingerprint density at radius 3 is 2.57 bits per heavy atom. The number of anilines is 1. The monoisotopic (exact) mass is 471 g/mol. The van der Waals surface area contributed by atoms with Gasteiger partial charge < -0.3 is 9.47 Å². The molecule has 0 saturated heterocycles. The largest absolute Gasteiger partial charge is 0.486 e. The van der Waals surface area contributed by atoms with Crippen LogP contribution in [0.5, 0.6) is 11.5 Å². The maximum Gasteiger partial charge on any atom is 0.260 e. The second-order valence-electron chi connectivity index (χ2n) is 6.43. The normalized spacial score (nSPS) is 13.7. The van der Waals surface area contributed by atoms with Gasteiger partial charge in [-0.1, -0.05) is 29.3 Å². The lowest BCUT2D eigenvalue weighted by atomic mass is 10.1. The molecular formula is C19H19Cl2N3O5S. The fourth-order valence-electron chi connectivity index (χ4n) is 2.71. The van der Waals surface area contributed by atoms with Crippen molar-refractivity contribution in [1.29, 1.82) is 0 Å². The van der Waals surface area contributed by atoms with Crippen LogP contribution in [0.4, 0.5) is 5.69 Å². The Morgan fingerprint density at radius 1 is 1.17 bits per heavy atom. The van der Waals surface area contributed by atoms with Crippen LogP contribution < -0.4 is 19.2 Å². The molecule has 0 spiro atoms. The summed E-state index contributed by atoms with van der Waals surface area (Å²) in [6, 6.07) is 9.84. The molecule has 1 aliphatic heterocycles. The van der Waals surface area contributed by atoms with Crippen molar-refractivity contribution in [1.82, 2.24) is 5.43 Å². The molecule has 0 bridgehead atoms. The molecule has 30 heavy (non-hydrogen) atoms. The van der Waals surface area contributed by atoms with E-state index in [2.05, 4.69) is 10.5 Å². The van der Waals surface area contributed by atoms with E-state index in [-0.39, 0.29) is 15.7 Å². The molecule has 1 N–H and O–H groups in total. The number of amides is 1. The van der Waals surface area contributed by atoms with Crippen molar-refractivity contribution < 1.29 is 22.7 Å². The van der Waals surface area contributed by atoms with Crippen LogP contribution in [0.1, 0.15) is 12.5 Å². The highest BCUT2D eigenvalue weighted by atomic mass is 35.5. The van der Waals surface area contributed by atoms with Gasteiger partial charge in [0, 0.05) is 5.56 Å². The first-order valence-electron chi connectivity index (χ1n) is 8.81. The summed E-state index contributed by atoms with van der Waals surface area (Å²) in [5.41, 5.74) is 3.69. The Bertz CT molecular complexity index is 1110. The van der Waals surface area contributed by atoms with Gasteiger partial charge in [-0.25, -0.2) is 13.8 Å². The fraction of sp³-hybridized carbons (Fsp3) is 0.263. The predicted octanol–water partition coefficient (Wildman–Crippen LogP) is 3.07. The van der Waals surface area contributed by atoms with Gasteiger partial charge in [0.05, 0.1) is 27.7 Å². The molecule has 1 amide bonds. The molecule has 0 atom stereocenters. The molecule has 0 fully saturated rings. The molecular weight excluding hydrogens is 453 g/mol. The van der Waals surface area contributed by atoms with E-state index in [1.807, 2.05) is 0 Å². The van der Waals surface area contributed by atoms with Crippen LogP contribution in [0.15, 0.2) is 41.5 Å². The van der Waals surface area contributed by atoms with Crippen molar-refractivity contribution in [2.24, 2.45) is 5.10 Å². The molecule has 2 aromatic carbocycles. The van der Waals surface area contributed by atoms with Gasteiger partial charge in [-0.3, -0.25) is 9.10 Å². The number of nitrogens with zero attached hydrogens (tertiary/aromatic N) is 2. The van der Waals surface area contributed by atoms with E-state index in [9.17, 15) is 13.2 Å². The van der Waals surface area contributed by atoms with Crippen molar-refractivity contribution in [3.63, 3.8) is 0 Å². The highest BCUT2D eigenvalue weighted by molar-refractivity contribution is 7.92. The lowest BCUT2D eigenvalue weighted by molar-refractivity contribution is -0.119. The quantitative estimate of drug-likeness (QED) is 0.515. The Morgan fingerprint density at radius 2 is 1.87 bits per heavy atom. The predicted molar refractivity (Wildman–Crippen MR) is 116 cm³/mol. The van der Waals surface area contributed by atoms with Crippen molar-refractivity contribution in [2.45, 2.75) is 6.92 Å². The van der Waals surface area contributed by atoms with E-state index in [0.717, 1.165) is 16.1 Å². The number of sulfonamides is 1. The molecule has 1 heterocycles. The van der Waals surface area contributed by atoms with Crippen LogP contribution in [0.25, 0.3) is 0 Å².